The number of hydrogen-bond donors (Lipinski definition) is 1. The molecule has 0 bridgehead atoms. The molecule has 0 spiro atoms. The lowest BCUT2D eigenvalue weighted by atomic mass is 10.2. The normalized spacial score (nSPS) is 10.9. The van der Waals surface area contributed by atoms with Crippen LogP contribution in [0, 0.1) is 5.82 Å². The molecule has 8 nitrogen and oxygen atoms in total. The Morgan fingerprint density at radius 1 is 1.24 bits per heavy atom. The lowest BCUT2D eigenvalue weighted by Gasteiger charge is -2.06. The van der Waals surface area contributed by atoms with Gasteiger partial charge in [-0.25, -0.2) is 19.0 Å². The summed E-state index contributed by atoms with van der Waals surface area (Å²) in [4.78, 5) is 19.4. The van der Waals surface area contributed by atoms with E-state index in [1.165, 1.54) is 18.5 Å². The van der Waals surface area contributed by atoms with Crippen molar-refractivity contribution >= 4 is 5.91 Å². The number of benzene rings is 1. The molecule has 0 saturated heterocycles. The minimum atomic E-state index is -0.479. The summed E-state index contributed by atoms with van der Waals surface area (Å²) in [6.45, 7) is 1.15. The molecule has 2 aromatic heterocycles. The van der Waals surface area contributed by atoms with Crippen LogP contribution in [0.4, 0.5) is 4.39 Å². The van der Waals surface area contributed by atoms with Crippen LogP contribution >= 0.6 is 0 Å². The smallest absolute Gasteiger partial charge is 0.225 e. The molecule has 25 heavy (non-hydrogen) atoms. The number of rotatable bonds is 8. The maximum absolute atomic E-state index is 13.1. The first-order chi connectivity index (χ1) is 12.1. The van der Waals surface area contributed by atoms with Gasteiger partial charge in [0.1, 0.15) is 24.3 Å². The van der Waals surface area contributed by atoms with Gasteiger partial charge in [-0.15, -0.1) is 0 Å². The van der Waals surface area contributed by atoms with Gasteiger partial charge in [-0.2, -0.15) is 10.2 Å². The van der Waals surface area contributed by atoms with E-state index in [-0.39, 0.29) is 12.2 Å². The molecular weight excluding hydrogens is 325 g/mol. The maximum atomic E-state index is 13.1. The first-order valence-electron chi connectivity index (χ1n) is 7.88. The Morgan fingerprint density at radius 3 is 2.72 bits per heavy atom. The maximum Gasteiger partial charge on any atom is 0.225 e. The average Bonchev–Trinajstić information content (AvgIpc) is 3.20. The van der Waals surface area contributed by atoms with E-state index < -0.39 is 5.91 Å². The Morgan fingerprint density at radius 2 is 2.04 bits per heavy atom. The number of carbonyl (C=O) groups excluding carboxylic acids is 1. The number of nitrogens with two attached hydrogens (primary N) is 1. The van der Waals surface area contributed by atoms with Crippen molar-refractivity contribution in [3.05, 3.63) is 59.9 Å². The third kappa shape index (κ3) is 4.69. The monoisotopic (exact) mass is 343 g/mol. The number of aryl methyl sites for hydroxylation is 2. The summed E-state index contributed by atoms with van der Waals surface area (Å²) in [5, 5.41) is 8.42. The van der Waals surface area contributed by atoms with E-state index in [9.17, 15) is 9.18 Å². The van der Waals surface area contributed by atoms with Crippen LogP contribution in [0.3, 0.4) is 0 Å². The topological polar surface area (TPSA) is 105 Å². The van der Waals surface area contributed by atoms with Crippen molar-refractivity contribution in [1.82, 2.24) is 29.5 Å². The lowest BCUT2D eigenvalue weighted by Crippen LogP contribution is -2.15. The molecule has 0 aliphatic heterocycles. The molecule has 0 fully saturated rings. The predicted molar refractivity (Wildman–Crippen MR) is 86.8 cm³/mol. The van der Waals surface area contributed by atoms with Gasteiger partial charge >= 0.3 is 0 Å². The highest BCUT2D eigenvalue weighted by Crippen LogP contribution is 2.09. The zero-order valence-corrected chi connectivity index (χ0v) is 13.5. The first kappa shape index (κ1) is 16.7. The van der Waals surface area contributed by atoms with E-state index in [0.29, 0.717) is 25.3 Å². The fourth-order valence-corrected chi connectivity index (χ4v) is 2.48. The number of aromatic nitrogens is 6. The molecule has 0 saturated carbocycles. The Bertz CT molecular complexity index is 827. The molecule has 0 aliphatic rings. The van der Waals surface area contributed by atoms with Gasteiger partial charge in [-0.3, -0.25) is 9.48 Å². The summed E-state index contributed by atoms with van der Waals surface area (Å²) < 4.78 is 16.5. The van der Waals surface area contributed by atoms with Crippen molar-refractivity contribution in [2.45, 2.75) is 32.4 Å². The quantitative estimate of drug-likeness (QED) is 0.649. The SMILES string of the molecule is NC(=O)Cc1nc(CCCn2cncn2)n(Cc2ccc(F)cc2)n1. The molecule has 2 N–H and O–H groups in total. The minimum Gasteiger partial charge on any atom is -0.369 e. The predicted octanol–water partition coefficient (Wildman–Crippen LogP) is 0.718. The van der Waals surface area contributed by atoms with E-state index >= 15 is 0 Å². The third-order valence-corrected chi connectivity index (χ3v) is 3.62. The molecule has 0 radical (unpaired) electrons. The Hall–Kier alpha value is -3.10. The molecule has 0 unspecified atom stereocenters. The van der Waals surface area contributed by atoms with Crippen molar-refractivity contribution < 1.29 is 9.18 Å². The zero-order valence-electron chi connectivity index (χ0n) is 13.5. The second-order valence-electron chi connectivity index (χ2n) is 5.63. The van der Waals surface area contributed by atoms with E-state index in [2.05, 4.69) is 20.2 Å². The van der Waals surface area contributed by atoms with Crippen molar-refractivity contribution in [2.75, 3.05) is 0 Å². The van der Waals surface area contributed by atoms with Crippen LogP contribution in [0.5, 0.6) is 0 Å². The molecule has 0 aliphatic carbocycles. The number of halogens is 1. The molecule has 3 aromatic rings. The van der Waals surface area contributed by atoms with Crippen molar-refractivity contribution in [1.29, 1.82) is 0 Å². The lowest BCUT2D eigenvalue weighted by molar-refractivity contribution is -0.117. The molecule has 130 valence electrons. The van der Waals surface area contributed by atoms with Gasteiger partial charge in [0.15, 0.2) is 5.82 Å². The summed E-state index contributed by atoms with van der Waals surface area (Å²) in [6, 6.07) is 6.20. The summed E-state index contributed by atoms with van der Waals surface area (Å²) in [6.07, 6.45) is 4.59. The largest absolute Gasteiger partial charge is 0.369 e. The van der Waals surface area contributed by atoms with E-state index in [1.54, 1.807) is 27.8 Å². The molecule has 3 rings (SSSR count). The van der Waals surface area contributed by atoms with Gasteiger partial charge in [0.2, 0.25) is 5.91 Å². The van der Waals surface area contributed by atoms with E-state index in [0.717, 1.165) is 17.8 Å². The van der Waals surface area contributed by atoms with Gasteiger partial charge in [-0.1, -0.05) is 12.1 Å². The average molecular weight is 343 g/mol. The number of carbonyl (C=O) groups is 1. The van der Waals surface area contributed by atoms with E-state index in [4.69, 9.17) is 5.73 Å². The highest BCUT2D eigenvalue weighted by atomic mass is 19.1. The number of nitrogens with zero attached hydrogens (tertiary/aromatic N) is 6. The fraction of sp³-hybridized carbons (Fsp3) is 0.312. The van der Waals surface area contributed by atoms with Crippen molar-refractivity contribution in [3.63, 3.8) is 0 Å². The molecule has 1 aromatic carbocycles. The summed E-state index contributed by atoms with van der Waals surface area (Å²) in [5.74, 6) is 0.379. The first-order valence-corrected chi connectivity index (χ1v) is 7.88. The molecule has 2 heterocycles. The second-order valence-corrected chi connectivity index (χ2v) is 5.63. The van der Waals surface area contributed by atoms with Crippen LogP contribution in [0.15, 0.2) is 36.9 Å². The van der Waals surface area contributed by atoms with Crippen LogP contribution in [-0.2, 0) is 30.7 Å². The highest BCUT2D eigenvalue weighted by Gasteiger charge is 2.12. The fourth-order valence-electron chi connectivity index (χ4n) is 2.48. The molecular formula is C16H18FN7O. The Labute approximate surface area is 143 Å². The van der Waals surface area contributed by atoms with Crippen molar-refractivity contribution in [3.8, 4) is 0 Å². The van der Waals surface area contributed by atoms with Crippen LogP contribution in [-0.4, -0.2) is 35.4 Å². The minimum absolute atomic E-state index is 0.00745. The van der Waals surface area contributed by atoms with Gasteiger partial charge in [0, 0.05) is 13.0 Å². The third-order valence-electron chi connectivity index (χ3n) is 3.62. The van der Waals surface area contributed by atoms with E-state index in [1.807, 2.05) is 0 Å². The second kappa shape index (κ2) is 7.65. The highest BCUT2D eigenvalue weighted by molar-refractivity contribution is 5.75. The van der Waals surface area contributed by atoms with Gasteiger partial charge < -0.3 is 5.73 Å². The zero-order chi connectivity index (χ0) is 17.6. The number of primary amides is 1. The number of hydrogen-bond acceptors (Lipinski definition) is 5. The summed E-state index contributed by atoms with van der Waals surface area (Å²) >= 11 is 0. The van der Waals surface area contributed by atoms with Gasteiger partial charge in [0.25, 0.3) is 0 Å². The number of amides is 1. The van der Waals surface area contributed by atoms with Gasteiger partial charge in [-0.05, 0) is 24.1 Å². The molecule has 0 atom stereocenters. The molecule has 9 heteroatoms. The van der Waals surface area contributed by atoms with Crippen LogP contribution < -0.4 is 5.73 Å². The molecule has 1 amide bonds. The van der Waals surface area contributed by atoms with Gasteiger partial charge in [0.05, 0.1) is 13.0 Å². The van der Waals surface area contributed by atoms with Crippen molar-refractivity contribution in [2.24, 2.45) is 5.73 Å². The Kier molecular flexibility index (Phi) is 5.12. The van der Waals surface area contributed by atoms with Crippen LogP contribution in [0.1, 0.15) is 23.6 Å². The van der Waals surface area contributed by atoms with Crippen LogP contribution in [0.2, 0.25) is 0 Å². The Balaban J connectivity index is 1.72. The standard InChI is InChI=1S/C16H18FN7O/c17-13-5-3-12(4-6-13)9-24-16(21-15(22-24)8-14(18)25)2-1-7-23-11-19-10-20-23/h3-6,10-11H,1-2,7-9H2,(H2,18,25). The summed E-state index contributed by atoms with van der Waals surface area (Å²) in [5.41, 5.74) is 6.13. The van der Waals surface area contributed by atoms with Crippen LogP contribution in [0.25, 0.3) is 0 Å². The summed E-state index contributed by atoms with van der Waals surface area (Å²) in [7, 11) is 0.